The SMILES string of the molecule is S=C(NC[C@@H]1CCCO1)Nc1ccc(N2CCCCC2)cc1. The van der Waals surface area contributed by atoms with Gasteiger partial charge in [0.2, 0.25) is 0 Å². The highest BCUT2D eigenvalue weighted by Crippen LogP contribution is 2.21. The molecule has 1 aromatic carbocycles. The fourth-order valence-corrected chi connectivity index (χ4v) is 3.30. The summed E-state index contributed by atoms with van der Waals surface area (Å²) in [5.74, 6) is 0. The van der Waals surface area contributed by atoms with Gasteiger partial charge in [-0.15, -0.1) is 0 Å². The van der Waals surface area contributed by atoms with Crippen LogP contribution in [0.15, 0.2) is 24.3 Å². The maximum absolute atomic E-state index is 5.58. The third kappa shape index (κ3) is 4.34. The minimum atomic E-state index is 0.307. The van der Waals surface area contributed by atoms with E-state index in [0.29, 0.717) is 11.2 Å². The summed E-state index contributed by atoms with van der Waals surface area (Å²) in [6, 6.07) is 8.56. The average molecular weight is 319 g/mol. The van der Waals surface area contributed by atoms with Crippen LogP contribution in [0, 0.1) is 0 Å². The zero-order valence-electron chi connectivity index (χ0n) is 13.0. The van der Waals surface area contributed by atoms with Crippen molar-refractivity contribution in [3.8, 4) is 0 Å². The van der Waals surface area contributed by atoms with Crippen LogP contribution >= 0.6 is 12.2 Å². The Bertz CT molecular complexity index is 479. The number of nitrogens with zero attached hydrogens (tertiary/aromatic N) is 1. The van der Waals surface area contributed by atoms with Crippen LogP contribution in [0.5, 0.6) is 0 Å². The van der Waals surface area contributed by atoms with Crippen molar-refractivity contribution in [2.24, 2.45) is 0 Å². The molecule has 0 aliphatic carbocycles. The molecular weight excluding hydrogens is 294 g/mol. The van der Waals surface area contributed by atoms with Crippen molar-refractivity contribution in [2.45, 2.75) is 38.2 Å². The van der Waals surface area contributed by atoms with E-state index in [1.165, 1.54) is 38.0 Å². The molecule has 2 fully saturated rings. The molecule has 2 heterocycles. The Morgan fingerprint density at radius 3 is 2.59 bits per heavy atom. The molecule has 5 heteroatoms. The van der Waals surface area contributed by atoms with E-state index in [1.807, 2.05) is 0 Å². The minimum Gasteiger partial charge on any atom is -0.376 e. The molecule has 3 rings (SSSR count). The van der Waals surface area contributed by atoms with Crippen molar-refractivity contribution >= 4 is 28.7 Å². The second kappa shape index (κ2) is 7.79. The Kier molecular flexibility index (Phi) is 5.51. The highest BCUT2D eigenvalue weighted by atomic mass is 32.1. The first-order chi connectivity index (χ1) is 10.8. The van der Waals surface area contributed by atoms with E-state index in [9.17, 15) is 0 Å². The molecule has 0 radical (unpaired) electrons. The molecule has 2 aliphatic heterocycles. The lowest BCUT2D eigenvalue weighted by atomic mass is 10.1. The Balaban J connectivity index is 1.46. The lowest BCUT2D eigenvalue weighted by molar-refractivity contribution is 0.114. The van der Waals surface area contributed by atoms with Crippen LogP contribution in [-0.4, -0.2) is 37.5 Å². The van der Waals surface area contributed by atoms with Crippen molar-refractivity contribution in [3.05, 3.63) is 24.3 Å². The first-order valence-corrected chi connectivity index (χ1v) is 8.73. The molecule has 0 unspecified atom stereocenters. The largest absolute Gasteiger partial charge is 0.376 e. The molecule has 2 saturated heterocycles. The highest BCUT2D eigenvalue weighted by molar-refractivity contribution is 7.80. The molecule has 2 N–H and O–H groups in total. The van der Waals surface area contributed by atoms with Gasteiger partial charge < -0.3 is 20.3 Å². The zero-order chi connectivity index (χ0) is 15.2. The summed E-state index contributed by atoms with van der Waals surface area (Å²) in [5, 5.41) is 7.15. The molecule has 2 aliphatic rings. The van der Waals surface area contributed by atoms with E-state index in [2.05, 4.69) is 39.8 Å². The maximum Gasteiger partial charge on any atom is 0.170 e. The molecule has 22 heavy (non-hydrogen) atoms. The predicted molar refractivity (Wildman–Crippen MR) is 95.7 cm³/mol. The van der Waals surface area contributed by atoms with E-state index >= 15 is 0 Å². The second-order valence-corrected chi connectivity index (χ2v) is 6.47. The van der Waals surface area contributed by atoms with Crippen molar-refractivity contribution in [1.82, 2.24) is 5.32 Å². The Morgan fingerprint density at radius 1 is 1.14 bits per heavy atom. The summed E-state index contributed by atoms with van der Waals surface area (Å²) in [5.41, 5.74) is 2.34. The van der Waals surface area contributed by atoms with Crippen molar-refractivity contribution in [3.63, 3.8) is 0 Å². The van der Waals surface area contributed by atoms with E-state index in [0.717, 1.165) is 31.7 Å². The summed E-state index contributed by atoms with van der Waals surface area (Å²) in [6.07, 6.45) is 6.56. The summed E-state index contributed by atoms with van der Waals surface area (Å²) < 4.78 is 5.58. The second-order valence-electron chi connectivity index (χ2n) is 6.06. The summed E-state index contributed by atoms with van der Waals surface area (Å²) in [4.78, 5) is 2.46. The van der Waals surface area contributed by atoms with Gasteiger partial charge in [-0.1, -0.05) is 0 Å². The van der Waals surface area contributed by atoms with Crippen LogP contribution in [0.25, 0.3) is 0 Å². The third-order valence-corrected chi connectivity index (χ3v) is 4.61. The van der Waals surface area contributed by atoms with Crippen LogP contribution in [0.2, 0.25) is 0 Å². The van der Waals surface area contributed by atoms with E-state index in [4.69, 9.17) is 17.0 Å². The first-order valence-electron chi connectivity index (χ1n) is 8.33. The van der Waals surface area contributed by atoms with Gasteiger partial charge in [-0.3, -0.25) is 0 Å². The number of anilines is 2. The Morgan fingerprint density at radius 2 is 1.91 bits per heavy atom. The molecule has 0 amide bonds. The fraction of sp³-hybridized carbons (Fsp3) is 0.588. The highest BCUT2D eigenvalue weighted by Gasteiger charge is 2.15. The molecule has 1 aromatic rings. The summed E-state index contributed by atoms with van der Waals surface area (Å²) >= 11 is 5.34. The van der Waals surface area contributed by atoms with Gasteiger partial charge in [0, 0.05) is 37.6 Å². The average Bonchev–Trinajstić information content (AvgIpc) is 3.08. The standard InChI is InChI=1S/C17H25N3OS/c22-17(18-13-16-5-4-12-21-16)19-14-6-8-15(9-7-14)20-10-2-1-3-11-20/h6-9,16H,1-5,10-13H2,(H2,18,19,22)/t16-/m0/s1. The van der Waals surface area contributed by atoms with Gasteiger partial charge in [-0.25, -0.2) is 0 Å². The molecule has 4 nitrogen and oxygen atoms in total. The fourth-order valence-electron chi connectivity index (χ4n) is 3.09. The van der Waals surface area contributed by atoms with Crippen molar-refractivity contribution in [1.29, 1.82) is 0 Å². The van der Waals surface area contributed by atoms with Crippen LogP contribution < -0.4 is 15.5 Å². The Labute approximate surface area is 138 Å². The van der Waals surface area contributed by atoms with Gasteiger partial charge in [0.05, 0.1) is 6.10 Å². The number of benzene rings is 1. The molecule has 0 saturated carbocycles. The number of nitrogens with one attached hydrogen (secondary N) is 2. The third-order valence-electron chi connectivity index (χ3n) is 4.36. The van der Waals surface area contributed by atoms with E-state index in [1.54, 1.807) is 0 Å². The van der Waals surface area contributed by atoms with E-state index < -0.39 is 0 Å². The van der Waals surface area contributed by atoms with Gasteiger partial charge >= 0.3 is 0 Å². The van der Waals surface area contributed by atoms with Crippen molar-refractivity contribution < 1.29 is 4.74 Å². The zero-order valence-corrected chi connectivity index (χ0v) is 13.8. The molecule has 120 valence electrons. The number of hydrogen-bond acceptors (Lipinski definition) is 3. The molecular formula is C17H25N3OS. The number of thiocarbonyl (C=S) groups is 1. The van der Waals surface area contributed by atoms with Gasteiger partial charge in [-0.05, 0) is 68.6 Å². The quantitative estimate of drug-likeness (QED) is 0.834. The Hall–Kier alpha value is -1.33. The number of piperidine rings is 1. The monoisotopic (exact) mass is 319 g/mol. The normalized spacial score (nSPS) is 21.6. The van der Waals surface area contributed by atoms with Gasteiger partial charge in [0.25, 0.3) is 0 Å². The van der Waals surface area contributed by atoms with Gasteiger partial charge in [0.15, 0.2) is 5.11 Å². The number of hydrogen-bond donors (Lipinski definition) is 2. The van der Waals surface area contributed by atoms with Crippen LogP contribution in [-0.2, 0) is 4.74 Å². The smallest absolute Gasteiger partial charge is 0.170 e. The molecule has 0 bridgehead atoms. The molecule has 0 spiro atoms. The van der Waals surface area contributed by atoms with E-state index in [-0.39, 0.29) is 0 Å². The predicted octanol–water partition coefficient (Wildman–Crippen LogP) is 3.14. The lowest BCUT2D eigenvalue weighted by Gasteiger charge is -2.28. The molecule has 0 aromatic heterocycles. The number of rotatable bonds is 4. The minimum absolute atomic E-state index is 0.307. The topological polar surface area (TPSA) is 36.5 Å². The van der Waals surface area contributed by atoms with Crippen LogP contribution in [0.1, 0.15) is 32.1 Å². The number of ether oxygens (including phenoxy) is 1. The maximum atomic E-state index is 5.58. The van der Waals surface area contributed by atoms with Crippen molar-refractivity contribution in [2.75, 3.05) is 36.5 Å². The summed E-state index contributed by atoms with van der Waals surface area (Å²) in [7, 11) is 0. The van der Waals surface area contributed by atoms with Crippen LogP contribution in [0.3, 0.4) is 0 Å². The van der Waals surface area contributed by atoms with Crippen LogP contribution in [0.4, 0.5) is 11.4 Å². The van der Waals surface area contributed by atoms with Gasteiger partial charge in [0.1, 0.15) is 0 Å². The lowest BCUT2D eigenvalue weighted by Crippen LogP contribution is -2.34. The summed E-state index contributed by atoms with van der Waals surface area (Å²) in [6.45, 7) is 4.02. The molecule has 1 atom stereocenters. The first kappa shape index (κ1) is 15.6. The van der Waals surface area contributed by atoms with Gasteiger partial charge in [-0.2, -0.15) is 0 Å².